The zero-order valence-electron chi connectivity index (χ0n) is 53.7. The maximum absolute atomic E-state index is 15.4. The first-order chi connectivity index (χ1) is 44.7. The second-order valence-corrected chi connectivity index (χ2v) is 27.9. The zero-order valence-corrected chi connectivity index (χ0v) is 54.5. The molecule has 2 aliphatic rings. The van der Waals surface area contributed by atoms with E-state index >= 15 is 8.78 Å². The Labute approximate surface area is 540 Å². The van der Waals surface area contributed by atoms with E-state index in [9.17, 15) is 37.8 Å². The van der Waals surface area contributed by atoms with Gasteiger partial charge < -0.3 is 26.2 Å². The number of aryl methyl sites for hydroxylation is 2. The van der Waals surface area contributed by atoms with Crippen LogP contribution in [0.5, 0.6) is 0 Å². The smallest absolute Gasteiger partial charge is 0.290 e. The first-order valence-electron chi connectivity index (χ1n) is 30.9. The molecule has 8 heterocycles. The minimum atomic E-state index is -3.22. The van der Waals surface area contributed by atoms with Gasteiger partial charge in [0.15, 0.2) is 0 Å². The molecule has 0 amide bonds. The molecule has 0 saturated carbocycles. The number of rotatable bonds is 13. The Balaban J connectivity index is 0.000000192. The minimum absolute atomic E-state index is 0.0855. The van der Waals surface area contributed by atoms with Gasteiger partial charge in [0.1, 0.15) is 34.6 Å². The molecule has 22 nitrogen and oxygen atoms in total. The Bertz CT molecular complexity index is 4910. The fourth-order valence-electron chi connectivity index (χ4n) is 12.1. The number of hydrogen-bond donors (Lipinski definition) is 5. The van der Waals surface area contributed by atoms with E-state index in [-0.39, 0.29) is 55.8 Å². The van der Waals surface area contributed by atoms with Gasteiger partial charge in [-0.1, -0.05) is 77.9 Å². The Kier molecular flexibility index (Phi) is 18.6. The number of aliphatic hydroxyl groups excluding tert-OH is 2. The lowest BCUT2D eigenvalue weighted by Crippen LogP contribution is -2.37. The number of benzene rings is 4. The van der Waals surface area contributed by atoms with Crippen LogP contribution in [0.3, 0.4) is 0 Å². The molecule has 6 aromatic heterocycles. The summed E-state index contributed by atoms with van der Waals surface area (Å²) < 4.78 is 60.4. The molecule has 0 unspecified atom stereocenters. The fourth-order valence-corrected chi connectivity index (χ4v) is 13.0. The molecule has 0 radical (unpaired) electrons. The SMILES string of the molecule is Cn1nc(-c2cccc(-n3ncc4cc(C(C)(C)C)cc(F)c4c3=O)c2CO)cc(Nc2ccc(C3CCN(S(C)(=O)=O)CC3)cn2)c1=O.Cn1nc(-c2cccc(-n3ncc4cc(C(C)(C)C)cc(F)c4c3=O)c2CO)cc(Nc2ccc(C3CCNCC3)cn2)c1=O. The van der Waals surface area contributed by atoms with E-state index in [1.165, 1.54) is 59.4 Å². The van der Waals surface area contributed by atoms with Crippen LogP contribution in [0.4, 0.5) is 31.8 Å². The number of fused-ring (bicyclic) bond motifs is 2. The van der Waals surface area contributed by atoms with E-state index in [2.05, 4.69) is 46.3 Å². The number of hydrogen-bond acceptors (Lipinski definition) is 17. The molecule has 0 aliphatic carbocycles. The molecule has 0 atom stereocenters. The first kappa shape index (κ1) is 65.9. The highest BCUT2D eigenvalue weighted by molar-refractivity contribution is 7.88. The Morgan fingerprint density at radius 1 is 0.564 bits per heavy atom. The van der Waals surface area contributed by atoms with Gasteiger partial charge in [-0.05, 0) is 144 Å². The van der Waals surface area contributed by atoms with Crippen molar-refractivity contribution in [3.05, 3.63) is 208 Å². The van der Waals surface area contributed by atoms with E-state index in [0.29, 0.717) is 87.9 Å². The first-order valence-corrected chi connectivity index (χ1v) is 32.7. The number of nitrogens with one attached hydrogen (secondary N) is 3. The van der Waals surface area contributed by atoms with Gasteiger partial charge in [-0.15, -0.1) is 0 Å². The van der Waals surface area contributed by atoms with Crippen LogP contribution in [0.1, 0.15) is 112 Å². The molecule has 12 rings (SSSR count). The van der Waals surface area contributed by atoms with Crippen LogP contribution in [-0.4, -0.2) is 104 Å². The number of anilines is 4. The van der Waals surface area contributed by atoms with Crippen molar-refractivity contribution in [2.75, 3.05) is 43.1 Å². The summed E-state index contributed by atoms with van der Waals surface area (Å²) in [6.45, 7) is 13.7. The van der Waals surface area contributed by atoms with Crippen molar-refractivity contribution in [3.63, 3.8) is 0 Å². The van der Waals surface area contributed by atoms with Gasteiger partial charge in [0.2, 0.25) is 10.0 Å². The van der Waals surface area contributed by atoms with Crippen molar-refractivity contribution >= 4 is 54.6 Å². The molecular weight excluding hydrogens is 1220 g/mol. The molecule has 5 N–H and O–H groups in total. The molecule has 2 aliphatic heterocycles. The monoisotopic (exact) mass is 1300 g/mol. The van der Waals surface area contributed by atoms with Crippen molar-refractivity contribution < 1.29 is 27.4 Å². The summed E-state index contributed by atoms with van der Waals surface area (Å²) in [5.41, 5.74) is 4.15. The molecule has 0 bridgehead atoms. The summed E-state index contributed by atoms with van der Waals surface area (Å²) in [5, 5.41) is 48.8. The molecule has 10 aromatic rings. The molecule has 0 spiro atoms. The second kappa shape index (κ2) is 26.5. The van der Waals surface area contributed by atoms with Crippen LogP contribution in [0.2, 0.25) is 0 Å². The summed E-state index contributed by atoms with van der Waals surface area (Å²) in [7, 11) is -0.175. The average molecular weight is 1300 g/mol. The summed E-state index contributed by atoms with van der Waals surface area (Å²) in [4.78, 5) is 62.5. The van der Waals surface area contributed by atoms with Gasteiger partial charge in [0, 0.05) is 72.6 Å². The number of piperidine rings is 2. The Morgan fingerprint density at radius 3 is 1.35 bits per heavy atom. The number of aromatic nitrogens is 10. The second-order valence-electron chi connectivity index (χ2n) is 25.9. The third-order valence-corrected chi connectivity index (χ3v) is 18.8. The van der Waals surface area contributed by atoms with Crippen LogP contribution in [-0.2, 0) is 48.2 Å². The van der Waals surface area contributed by atoms with Gasteiger partial charge in [0.05, 0.1) is 65.4 Å². The molecule has 4 aromatic carbocycles. The van der Waals surface area contributed by atoms with Crippen molar-refractivity contribution in [2.45, 2.75) is 103 Å². The van der Waals surface area contributed by atoms with Crippen LogP contribution in [0, 0.1) is 11.6 Å². The molecular formula is C69H74F2N14O8S. The van der Waals surface area contributed by atoms with E-state index in [4.69, 9.17) is 0 Å². The van der Waals surface area contributed by atoms with Crippen LogP contribution in [0.15, 0.2) is 141 Å². The summed E-state index contributed by atoms with van der Waals surface area (Å²) in [6.07, 6.45) is 11.2. The van der Waals surface area contributed by atoms with E-state index < -0.39 is 51.5 Å². The number of aliphatic hydroxyl groups is 2. The molecule has 2 fully saturated rings. The van der Waals surface area contributed by atoms with Gasteiger partial charge >= 0.3 is 0 Å². The standard InChI is InChI=1S/C35H38FN7O5S.C34H36FN7O3/c1-35(2,3)24-15-23-19-38-43(34(46)32(23)27(36)16-24)30-8-6-7-25(26(30)20-44)28-17-29(33(45)41(4)40-28)39-31-10-9-22(18-37-31)21-11-13-42(14-12-21)49(5,47)48;1-34(2,3)23-14-22-18-38-42(33(45)31(22)26(35)15-23)29-7-5-6-24(25(29)19-43)27-16-28(32(44)41(4)40-27)39-30-9-8-21(17-37-30)20-10-12-36-13-11-20/h6-10,15-19,21,44H,11-14,20H2,1-5H3,(H,37,39);5-9,14-18,20,36,43H,10-13,19H2,1-4H3,(H,37,39). The maximum atomic E-state index is 15.4. The lowest BCUT2D eigenvalue weighted by molar-refractivity contribution is 0.281. The highest BCUT2D eigenvalue weighted by Gasteiger charge is 2.28. The third kappa shape index (κ3) is 13.6. The van der Waals surface area contributed by atoms with Gasteiger partial charge in [0.25, 0.3) is 22.2 Å². The van der Waals surface area contributed by atoms with E-state index in [1.807, 2.05) is 65.9 Å². The molecule has 488 valence electrons. The highest BCUT2D eigenvalue weighted by atomic mass is 32.2. The van der Waals surface area contributed by atoms with Crippen LogP contribution in [0.25, 0.3) is 55.4 Å². The van der Waals surface area contributed by atoms with E-state index in [1.54, 1.807) is 72.9 Å². The number of pyridine rings is 2. The number of nitrogens with zero attached hydrogens (tertiary/aromatic N) is 11. The quantitative estimate of drug-likeness (QED) is 0.0720. The van der Waals surface area contributed by atoms with Crippen LogP contribution >= 0.6 is 0 Å². The number of sulfonamides is 1. The maximum Gasteiger partial charge on any atom is 0.290 e. The van der Waals surface area contributed by atoms with Gasteiger partial charge in [-0.2, -0.15) is 29.8 Å². The van der Waals surface area contributed by atoms with Crippen molar-refractivity contribution in [3.8, 4) is 33.9 Å². The summed E-state index contributed by atoms with van der Waals surface area (Å²) >= 11 is 0. The summed E-state index contributed by atoms with van der Waals surface area (Å²) in [6, 6.07) is 27.0. The highest BCUT2D eigenvalue weighted by Crippen LogP contribution is 2.35. The zero-order chi connectivity index (χ0) is 67.1. The molecule has 25 heteroatoms. The third-order valence-electron chi connectivity index (χ3n) is 17.5. The molecule has 94 heavy (non-hydrogen) atoms. The number of halogens is 2. The Morgan fingerprint density at radius 2 is 0.979 bits per heavy atom. The largest absolute Gasteiger partial charge is 0.392 e. The minimum Gasteiger partial charge on any atom is -0.392 e. The van der Waals surface area contributed by atoms with Gasteiger partial charge in [-0.3, -0.25) is 19.2 Å². The lowest BCUT2D eigenvalue weighted by atomic mass is 9.86. The van der Waals surface area contributed by atoms with E-state index in [0.717, 1.165) is 56.7 Å². The van der Waals surface area contributed by atoms with Gasteiger partial charge in [-0.25, -0.2) is 40.8 Å². The predicted octanol–water partition coefficient (Wildman–Crippen LogP) is 9.03. The average Bonchev–Trinajstić information content (AvgIpc) is 0.771. The van der Waals surface area contributed by atoms with Crippen molar-refractivity contribution in [1.29, 1.82) is 0 Å². The fraction of sp³-hybridized carbons (Fsp3) is 0.333. The topological polar surface area (TPSA) is 279 Å². The van der Waals surface area contributed by atoms with Crippen LogP contribution < -0.4 is 38.2 Å². The lowest BCUT2D eigenvalue weighted by Gasteiger charge is -2.30. The summed E-state index contributed by atoms with van der Waals surface area (Å²) in [5.74, 6) is 0.284. The van der Waals surface area contributed by atoms with Crippen molar-refractivity contribution in [2.24, 2.45) is 14.1 Å². The van der Waals surface area contributed by atoms with Crippen molar-refractivity contribution in [1.82, 2.24) is 58.7 Å². The molecule has 2 saturated heterocycles. The predicted molar refractivity (Wildman–Crippen MR) is 359 cm³/mol. The Hall–Kier alpha value is -9.53. The normalized spacial score (nSPS) is 14.5.